The Morgan fingerprint density at radius 2 is 2.29 bits per heavy atom. The molecule has 0 spiro atoms. The summed E-state index contributed by atoms with van der Waals surface area (Å²) >= 11 is 0. The van der Waals surface area contributed by atoms with Crippen molar-refractivity contribution in [1.29, 1.82) is 0 Å². The Labute approximate surface area is 82.0 Å². The average Bonchev–Trinajstić information content (AvgIpc) is 2.17. The zero-order valence-corrected chi connectivity index (χ0v) is 8.11. The number of nitrogens with two attached hydrogens (primary N) is 1. The molecule has 1 aromatic rings. The molecule has 0 aromatic carbocycles. The first kappa shape index (κ1) is 10.4. The highest BCUT2D eigenvalue weighted by Gasteiger charge is 2.06. The summed E-state index contributed by atoms with van der Waals surface area (Å²) in [5.41, 5.74) is 5.48. The predicted octanol–water partition coefficient (Wildman–Crippen LogP) is -0.426. The fourth-order valence-electron chi connectivity index (χ4n) is 0.918. The van der Waals surface area contributed by atoms with E-state index in [-0.39, 0.29) is 5.91 Å². The van der Waals surface area contributed by atoms with E-state index in [9.17, 15) is 4.79 Å². The van der Waals surface area contributed by atoms with Gasteiger partial charge in [0, 0.05) is 25.9 Å². The molecule has 76 valence electrons. The summed E-state index contributed by atoms with van der Waals surface area (Å²) in [6.07, 6.45) is 1.51. The Morgan fingerprint density at radius 1 is 1.57 bits per heavy atom. The van der Waals surface area contributed by atoms with Gasteiger partial charge < -0.3 is 5.43 Å². The smallest absolute Gasteiger partial charge is 0.265 e. The summed E-state index contributed by atoms with van der Waals surface area (Å²) in [5.74, 6) is 5.42. The highest BCUT2D eigenvalue weighted by Crippen LogP contribution is 2.04. The third kappa shape index (κ3) is 2.68. The van der Waals surface area contributed by atoms with Crippen LogP contribution in [0.5, 0.6) is 0 Å². The number of hydrazine groups is 2. The van der Waals surface area contributed by atoms with Gasteiger partial charge in [0.1, 0.15) is 5.82 Å². The number of hydrogen-bond donors (Lipinski definition) is 3. The van der Waals surface area contributed by atoms with Gasteiger partial charge in [0.2, 0.25) is 0 Å². The van der Waals surface area contributed by atoms with Gasteiger partial charge in [0.05, 0.1) is 0 Å². The standard InChI is InChI=1S/C8H13N5O/c1-13(2)12-8(14)6-3-4-10-7(5-6)11-9/h3-5H,9H2,1-2H3,(H,10,11)(H,12,14). The van der Waals surface area contributed by atoms with Crippen LogP contribution in [0.1, 0.15) is 10.4 Å². The topological polar surface area (TPSA) is 83.3 Å². The second kappa shape index (κ2) is 4.54. The van der Waals surface area contributed by atoms with Crippen molar-refractivity contribution < 1.29 is 4.79 Å². The fraction of sp³-hybridized carbons (Fsp3) is 0.250. The van der Waals surface area contributed by atoms with Crippen molar-refractivity contribution in [2.75, 3.05) is 19.5 Å². The molecule has 0 saturated heterocycles. The average molecular weight is 195 g/mol. The van der Waals surface area contributed by atoms with E-state index in [1.54, 1.807) is 31.2 Å². The van der Waals surface area contributed by atoms with Crippen LogP contribution in [0.15, 0.2) is 18.3 Å². The first-order valence-electron chi connectivity index (χ1n) is 4.04. The van der Waals surface area contributed by atoms with Gasteiger partial charge in [-0.1, -0.05) is 0 Å². The number of nitrogen functional groups attached to an aromatic ring is 1. The van der Waals surface area contributed by atoms with Crippen LogP contribution in [0.25, 0.3) is 0 Å². The molecule has 0 unspecified atom stereocenters. The molecule has 0 aliphatic heterocycles. The lowest BCUT2D eigenvalue weighted by Gasteiger charge is -2.11. The van der Waals surface area contributed by atoms with Gasteiger partial charge in [0.15, 0.2) is 0 Å². The van der Waals surface area contributed by atoms with Crippen LogP contribution in [-0.2, 0) is 0 Å². The highest BCUT2D eigenvalue weighted by molar-refractivity contribution is 5.94. The minimum Gasteiger partial charge on any atom is -0.308 e. The van der Waals surface area contributed by atoms with Crippen molar-refractivity contribution >= 4 is 11.7 Å². The molecule has 0 radical (unpaired) electrons. The number of pyridine rings is 1. The van der Waals surface area contributed by atoms with Gasteiger partial charge in [-0.3, -0.25) is 10.2 Å². The third-order valence-corrected chi connectivity index (χ3v) is 1.50. The molecule has 0 atom stereocenters. The van der Waals surface area contributed by atoms with E-state index in [0.29, 0.717) is 11.4 Å². The van der Waals surface area contributed by atoms with Crippen LogP contribution in [0.2, 0.25) is 0 Å². The molecule has 1 rings (SSSR count). The van der Waals surface area contributed by atoms with Gasteiger partial charge in [-0.15, -0.1) is 0 Å². The minimum atomic E-state index is -0.200. The summed E-state index contributed by atoms with van der Waals surface area (Å²) in [6.45, 7) is 0. The van der Waals surface area contributed by atoms with Crippen LogP contribution >= 0.6 is 0 Å². The van der Waals surface area contributed by atoms with Crippen LogP contribution in [0.4, 0.5) is 5.82 Å². The van der Waals surface area contributed by atoms with Crippen molar-refractivity contribution in [2.24, 2.45) is 5.84 Å². The van der Waals surface area contributed by atoms with Crippen molar-refractivity contribution in [3.8, 4) is 0 Å². The first-order chi connectivity index (χ1) is 6.63. The first-order valence-corrected chi connectivity index (χ1v) is 4.04. The van der Waals surface area contributed by atoms with Gasteiger partial charge >= 0.3 is 0 Å². The molecule has 6 nitrogen and oxygen atoms in total. The number of hydrogen-bond acceptors (Lipinski definition) is 5. The second-order valence-electron chi connectivity index (χ2n) is 2.91. The number of amides is 1. The lowest BCUT2D eigenvalue weighted by atomic mass is 10.2. The van der Waals surface area contributed by atoms with Gasteiger partial charge in [-0.05, 0) is 12.1 Å². The van der Waals surface area contributed by atoms with Crippen LogP contribution in [-0.4, -0.2) is 30.0 Å². The summed E-state index contributed by atoms with van der Waals surface area (Å²) in [7, 11) is 3.47. The number of nitrogens with one attached hydrogen (secondary N) is 2. The predicted molar refractivity (Wildman–Crippen MR) is 53.2 cm³/mol. The Kier molecular flexibility index (Phi) is 3.38. The Morgan fingerprint density at radius 3 is 2.86 bits per heavy atom. The van der Waals surface area contributed by atoms with E-state index in [0.717, 1.165) is 0 Å². The molecule has 0 aliphatic carbocycles. The Bertz CT molecular complexity index is 325. The van der Waals surface area contributed by atoms with Crippen molar-refractivity contribution in [3.63, 3.8) is 0 Å². The summed E-state index contributed by atoms with van der Waals surface area (Å²) in [5, 5.41) is 1.57. The highest BCUT2D eigenvalue weighted by atomic mass is 16.2. The van der Waals surface area contributed by atoms with Crippen molar-refractivity contribution in [2.45, 2.75) is 0 Å². The van der Waals surface area contributed by atoms with Crippen molar-refractivity contribution in [1.82, 2.24) is 15.4 Å². The number of rotatable bonds is 3. The summed E-state index contributed by atoms with van der Waals surface area (Å²) < 4.78 is 0. The van der Waals surface area contributed by atoms with Crippen LogP contribution in [0, 0.1) is 0 Å². The molecule has 1 aromatic heterocycles. The van der Waals surface area contributed by atoms with Gasteiger partial charge in [0.25, 0.3) is 5.91 Å². The van der Waals surface area contributed by atoms with Crippen molar-refractivity contribution in [3.05, 3.63) is 23.9 Å². The number of carbonyl (C=O) groups is 1. The van der Waals surface area contributed by atoms with Crippen LogP contribution in [0.3, 0.4) is 0 Å². The molecule has 0 bridgehead atoms. The van der Waals surface area contributed by atoms with Crippen LogP contribution < -0.4 is 16.7 Å². The van der Waals surface area contributed by atoms with E-state index in [2.05, 4.69) is 15.8 Å². The maximum absolute atomic E-state index is 11.5. The van der Waals surface area contributed by atoms with Gasteiger partial charge in [-0.25, -0.2) is 15.8 Å². The molecule has 0 aliphatic rings. The number of nitrogens with zero attached hydrogens (tertiary/aromatic N) is 2. The Balaban J connectivity index is 2.79. The third-order valence-electron chi connectivity index (χ3n) is 1.50. The molecular formula is C8H13N5O. The zero-order valence-electron chi connectivity index (χ0n) is 8.11. The van der Waals surface area contributed by atoms with E-state index in [1.165, 1.54) is 6.20 Å². The quantitative estimate of drug-likeness (QED) is 0.450. The molecule has 4 N–H and O–H groups in total. The number of anilines is 1. The lowest BCUT2D eigenvalue weighted by Crippen LogP contribution is -2.36. The SMILES string of the molecule is CN(C)NC(=O)c1ccnc(NN)c1. The molecular weight excluding hydrogens is 182 g/mol. The lowest BCUT2D eigenvalue weighted by molar-refractivity contribution is 0.0857. The largest absolute Gasteiger partial charge is 0.308 e. The van der Waals surface area contributed by atoms with E-state index in [1.807, 2.05) is 0 Å². The number of aromatic nitrogens is 1. The molecule has 1 amide bonds. The Hall–Kier alpha value is -1.66. The molecule has 1 heterocycles. The van der Waals surface area contributed by atoms with Gasteiger partial charge in [-0.2, -0.15) is 0 Å². The number of carbonyl (C=O) groups excluding carboxylic acids is 1. The summed E-state index contributed by atoms with van der Waals surface area (Å²) in [4.78, 5) is 15.4. The minimum absolute atomic E-state index is 0.200. The normalized spacial score (nSPS) is 10.0. The fourth-order valence-corrected chi connectivity index (χ4v) is 0.918. The molecule has 0 saturated carbocycles. The van der Waals surface area contributed by atoms with E-state index >= 15 is 0 Å². The molecule has 0 fully saturated rings. The zero-order chi connectivity index (χ0) is 10.6. The maximum atomic E-state index is 11.5. The van der Waals surface area contributed by atoms with E-state index < -0.39 is 0 Å². The molecule has 14 heavy (non-hydrogen) atoms. The second-order valence-corrected chi connectivity index (χ2v) is 2.91. The van der Waals surface area contributed by atoms with E-state index in [4.69, 9.17) is 5.84 Å². The molecule has 6 heteroatoms. The summed E-state index contributed by atoms with van der Waals surface area (Å²) in [6, 6.07) is 3.18. The monoisotopic (exact) mass is 195 g/mol. The maximum Gasteiger partial charge on any atom is 0.265 e.